The number of rotatable bonds is 6. The summed E-state index contributed by atoms with van der Waals surface area (Å²) in [5, 5.41) is 0.634. The fourth-order valence-electron chi connectivity index (χ4n) is 5.12. The van der Waals surface area contributed by atoms with Gasteiger partial charge < -0.3 is 18.9 Å². The number of methoxy groups -OCH3 is 2. The van der Waals surface area contributed by atoms with Gasteiger partial charge >= 0.3 is 6.01 Å². The van der Waals surface area contributed by atoms with Gasteiger partial charge in [0.2, 0.25) is 5.88 Å². The lowest BCUT2D eigenvalue weighted by Gasteiger charge is -2.37. The molecule has 2 aliphatic rings. The molecule has 10 nitrogen and oxygen atoms in total. The Labute approximate surface area is 221 Å². The number of nitrogens with zero attached hydrogens (tertiary/aromatic N) is 7. The van der Waals surface area contributed by atoms with Crippen LogP contribution in [0.1, 0.15) is 47.7 Å². The Morgan fingerprint density at radius 1 is 1.08 bits per heavy atom. The summed E-state index contributed by atoms with van der Waals surface area (Å²) < 4.78 is 12.8. The van der Waals surface area contributed by atoms with Crippen LogP contribution in [-0.4, -0.2) is 81.7 Å². The maximum atomic E-state index is 14.1. The highest BCUT2D eigenvalue weighted by molar-refractivity contribution is 6.30. The van der Waals surface area contributed by atoms with Crippen molar-refractivity contribution >= 4 is 17.5 Å². The number of carbonyl (C=O) groups is 1. The zero-order valence-electron chi connectivity index (χ0n) is 21.8. The monoisotopic (exact) mass is 523 g/mol. The molecule has 2 aromatic heterocycles. The van der Waals surface area contributed by atoms with E-state index in [0.717, 1.165) is 23.6 Å². The zero-order chi connectivity index (χ0) is 26.4. The molecule has 5 rings (SSSR count). The van der Waals surface area contributed by atoms with Crippen molar-refractivity contribution in [3.63, 3.8) is 0 Å². The van der Waals surface area contributed by atoms with Crippen molar-refractivity contribution in [3.8, 4) is 23.3 Å². The second-order valence-corrected chi connectivity index (χ2v) is 10.0. The van der Waals surface area contributed by atoms with E-state index in [9.17, 15) is 4.79 Å². The molecular formula is C26H30ClN7O3. The highest BCUT2D eigenvalue weighted by Crippen LogP contribution is 2.45. The molecule has 1 unspecified atom stereocenters. The average Bonchev–Trinajstić information content (AvgIpc) is 3.38. The van der Waals surface area contributed by atoms with Gasteiger partial charge in [-0.3, -0.25) is 14.6 Å². The van der Waals surface area contributed by atoms with Crippen LogP contribution in [0.4, 0.5) is 0 Å². The Bertz CT molecular complexity index is 1370. The first-order valence-corrected chi connectivity index (χ1v) is 12.4. The third-order valence-corrected chi connectivity index (χ3v) is 6.76. The maximum absolute atomic E-state index is 14.1. The molecule has 0 bridgehead atoms. The first kappa shape index (κ1) is 25.0. The molecule has 0 aliphatic carbocycles. The smallest absolute Gasteiger partial charge is 0.319 e. The van der Waals surface area contributed by atoms with Gasteiger partial charge in [0.05, 0.1) is 37.8 Å². The minimum Gasteiger partial charge on any atom is -0.480 e. The van der Waals surface area contributed by atoms with Gasteiger partial charge in [-0.25, -0.2) is 9.97 Å². The van der Waals surface area contributed by atoms with Gasteiger partial charge in [-0.2, -0.15) is 4.98 Å². The number of hydrogen-bond donors (Lipinski definition) is 0. The lowest BCUT2D eigenvalue weighted by molar-refractivity contribution is 0.0762. The van der Waals surface area contributed by atoms with Gasteiger partial charge in [-0.05, 0) is 38.6 Å². The van der Waals surface area contributed by atoms with Crippen LogP contribution in [0.25, 0.3) is 11.4 Å². The zero-order valence-corrected chi connectivity index (χ0v) is 22.5. The predicted octanol–water partition coefficient (Wildman–Crippen LogP) is 3.81. The van der Waals surface area contributed by atoms with Gasteiger partial charge in [-0.15, -0.1) is 0 Å². The molecule has 4 heterocycles. The second-order valence-electron chi connectivity index (χ2n) is 9.57. The number of halogens is 1. The number of fused-ring (bicyclic) bond motifs is 1. The highest BCUT2D eigenvalue weighted by atomic mass is 35.5. The van der Waals surface area contributed by atoms with E-state index in [1.807, 2.05) is 49.5 Å². The van der Waals surface area contributed by atoms with Crippen LogP contribution in [0.3, 0.4) is 0 Å². The molecule has 11 heteroatoms. The van der Waals surface area contributed by atoms with Crippen LogP contribution >= 0.6 is 11.6 Å². The Hall–Kier alpha value is -3.63. The van der Waals surface area contributed by atoms with Crippen LogP contribution in [0.15, 0.2) is 42.4 Å². The Morgan fingerprint density at radius 2 is 1.81 bits per heavy atom. The molecule has 2 aliphatic heterocycles. The van der Waals surface area contributed by atoms with E-state index in [1.54, 1.807) is 6.20 Å². The van der Waals surface area contributed by atoms with E-state index < -0.39 is 0 Å². The van der Waals surface area contributed by atoms with Gasteiger partial charge in [0.1, 0.15) is 11.9 Å². The van der Waals surface area contributed by atoms with Crippen molar-refractivity contribution in [3.05, 3.63) is 64.3 Å². The second kappa shape index (κ2) is 9.68. The number of carbonyl (C=O) groups excluding carboxylic acids is 1. The van der Waals surface area contributed by atoms with E-state index in [4.69, 9.17) is 26.1 Å². The van der Waals surface area contributed by atoms with Crippen molar-refractivity contribution in [1.82, 2.24) is 34.2 Å². The lowest BCUT2D eigenvalue weighted by Crippen LogP contribution is -2.42. The highest BCUT2D eigenvalue weighted by Gasteiger charge is 2.46. The number of likely N-dealkylation sites (N-methyl/N-ethyl adjacent to an activating group) is 1. The number of imidazole rings is 1. The van der Waals surface area contributed by atoms with Gasteiger partial charge in [0, 0.05) is 37.1 Å². The normalized spacial score (nSPS) is 17.9. The maximum Gasteiger partial charge on any atom is 0.319 e. The van der Waals surface area contributed by atoms with Crippen molar-refractivity contribution in [2.24, 2.45) is 0 Å². The third kappa shape index (κ3) is 4.30. The van der Waals surface area contributed by atoms with Gasteiger partial charge in [0.15, 0.2) is 5.69 Å². The largest absolute Gasteiger partial charge is 0.480 e. The molecule has 1 atom stereocenters. The van der Waals surface area contributed by atoms with Crippen LogP contribution in [0.2, 0.25) is 5.02 Å². The molecule has 1 amide bonds. The number of ether oxygens (including phenoxy) is 2. The summed E-state index contributed by atoms with van der Waals surface area (Å²) in [5.41, 5.74) is 3.64. The van der Waals surface area contributed by atoms with Crippen molar-refractivity contribution in [1.29, 1.82) is 0 Å². The van der Waals surface area contributed by atoms with Crippen LogP contribution in [0.5, 0.6) is 11.9 Å². The number of benzene rings is 1. The van der Waals surface area contributed by atoms with Crippen molar-refractivity contribution < 1.29 is 14.3 Å². The molecule has 0 fully saturated rings. The average molecular weight is 524 g/mol. The topological polar surface area (TPSA) is 88.9 Å². The molecule has 0 saturated carbocycles. The summed E-state index contributed by atoms with van der Waals surface area (Å²) in [5.74, 6) is 0.736. The molecule has 0 N–H and O–H groups in total. The Balaban J connectivity index is 1.74. The molecular weight excluding hydrogens is 494 g/mol. The van der Waals surface area contributed by atoms with Crippen LogP contribution < -0.4 is 9.47 Å². The molecule has 0 saturated heterocycles. The first-order chi connectivity index (χ1) is 17.7. The van der Waals surface area contributed by atoms with Crippen molar-refractivity contribution in [2.75, 3.05) is 41.5 Å². The van der Waals surface area contributed by atoms with Gasteiger partial charge in [0.25, 0.3) is 5.91 Å². The summed E-state index contributed by atoms with van der Waals surface area (Å²) in [6.45, 7) is 5.55. The van der Waals surface area contributed by atoms with E-state index in [1.165, 1.54) is 14.2 Å². The minimum atomic E-state index is -0.389. The van der Waals surface area contributed by atoms with E-state index in [0.29, 0.717) is 34.5 Å². The summed E-state index contributed by atoms with van der Waals surface area (Å²) >= 11 is 6.23. The van der Waals surface area contributed by atoms with Crippen LogP contribution in [0, 0.1) is 0 Å². The van der Waals surface area contributed by atoms with E-state index in [-0.39, 0.29) is 24.0 Å². The minimum absolute atomic E-state index is 0.0220. The van der Waals surface area contributed by atoms with Gasteiger partial charge in [-0.1, -0.05) is 23.7 Å². The predicted molar refractivity (Wildman–Crippen MR) is 140 cm³/mol. The molecule has 37 heavy (non-hydrogen) atoms. The van der Waals surface area contributed by atoms with E-state index in [2.05, 4.69) is 38.2 Å². The summed E-state index contributed by atoms with van der Waals surface area (Å²) in [7, 11) is 7.07. The van der Waals surface area contributed by atoms with Crippen molar-refractivity contribution in [2.45, 2.75) is 25.9 Å². The molecule has 0 radical (unpaired) electrons. The van der Waals surface area contributed by atoms with Crippen LogP contribution in [-0.2, 0) is 0 Å². The molecule has 3 aromatic rings. The Kier molecular flexibility index (Phi) is 6.55. The molecule has 194 valence electrons. The number of aromatic nitrogens is 4. The SMILES string of the molecule is COc1ncc(-c2nc3c(n2C(C)C)C(c2ccc(Cl)cc2)N(C2=CN(C)CN(C)C2)C3=O)c(OC)n1. The quantitative estimate of drug-likeness (QED) is 0.482. The van der Waals surface area contributed by atoms with E-state index >= 15 is 0 Å². The number of amides is 1. The lowest BCUT2D eigenvalue weighted by atomic mass is 10.0. The molecule has 1 aromatic carbocycles. The summed E-state index contributed by atoms with van der Waals surface area (Å²) in [6.07, 6.45) is 3.65. The number of hydrogen-bond acceptors (Lipinski definition) is 8. The standard InChI is InChI=1S/C26H30ClN7O3/c1-15(2)33-22-20(29-23(33)19-11-28-26(37-6)30-24(19)36-5)25(35)34(18-12-31(3)14-32(4)13-18)21(22)16-7-9-17(27)10-8-16/h7-12,15,21H,13-14H2,1-6H3. The summed E-state index contributed by atoms with van der Waals surface area (Å²) in [4.78, 5) is 33.7. The first-order valence-electron chi connectivity index (χ1n) is 12.0. The third-order valence-electron chi connectivity index (χ3n) is 6.51. The fraction of sp³-hybridized carbons (Fsp3) is 0.385. The Morgan fingerprint density at radius 3 is 2.43 bits per heavy atom. The molecule has 0 spiro atoms. The fourth-order valence-corrected chi connectivity index (χ4v) is 5.24. The summed E-state index contributed by atoms with van der Waals surface area (Å²) in [6, 6.07) is 7.41.